The predicted molar refractivity (Wildman–Crippen MR) is 52.9 cm³/mol. The number of hydrogen-bond acceptors (Lipinski definition) is 4. The molecular weight excluding hydrogens is 288 g/mol. The van der Waals surface area contributed by atoms with E-state index in [-0.39, 0.29) is 10.2 Å². The fourth-order valence-corrected chi connectivity index (χ4v) is 1.70. The second kappa shape index (κ2) is 4.94. The third-order valence-corrected chi connectivity index (χ3v) is 2.38. The molecule has 1 heterocycles. The highest BCUT2D eigenvalue weighted by Gasteiger charge is 2.25. The smallest absolute Gasteiger partial charge is 0.358 e. The lowest BCUT2D eigenvalue weighted by Gasteiger charge is -2.04. The Kier molecular flexibility index (Phi) is 3.84. The van der Waals surface area contributed by atoms with E-state index in [4.69, 9.17) is 5.26 Å². The highest BCUT2D eigenvalue weighted by molar-refractivity contribution is 9.10. The van der Waals surface area contributed by atoms with Gasteiger partial charge in [-0.25, -0.2) is 8.78 Å². The van der Waals surface area contributed by atoms with E-state index >= 15 is 0 Å². The number of aromatic nitrogens is 1. The molecule has 0 aliphatic rings. The molecule has 0 bridgehead atoms. The first-order valence-electron chi connectivity index (χ1n) is 3.96. The van der Waals surface area contributed by atoms with E-state index in [1.165, 1.54) is 0 Å². The molecule has 0 fully saturated rings. The van der Waals surface area contributed by atoms with Crippen molar-refractivity contribution >= 4 is 21.7 Å². The fraction of sp³-hybridized carbons (Fsp3) is 0.250. The van der Waals surface area contributed by atoms with Crippen molar-refractivity contribution in [3.05, 3.63) is 31.9 Å². The summed E-state index contributed by atoms with van der Waals surface area (Å²) in [5.74, 6) is -0.568. The number of halogens is 3. The van der Waals surface area contributed by atoms with Gasteiger partial charge >= 0.3 is 5.82 Å². The lowest BCUT2D eigenvalue weighted by molar-refractivity contribution is -0.389. The molecule has 0 unspecified atom stereocenters. The minimum absolute atomic E-state index is 0.116. The molecule has 0 spiro atoms. The molecular formula is C8H4BrF2N3O2. The summed E-state index contributed by atoms with van der Waals surface area (Å²) in [5.41, 5.74) is -0.759. The van der Waals surface area contributed by atoms with Gasteiger partial charge in [0, 0.05) is 4.47 Å². The Morgan fingerprint density at radius 3 is 2.75 bits per heavy atom. The fourth-order valence-electron chi connectivity index (χ4n) is 1.09. The van der Waals surface area contributed by atoms with Crippen molar-refractivity contribution in [1.29, 1.82) is 5.26 Å². The Balaban J connectivity index is 3.40. The van der Waals surface area contributed by atoms with Gasteiger partial charge in [-0.15, -0.1) is 0 Å². The Morgan fingerprint density at radius 1 is 1.69 bits per heavy atom. The zero-order valence-electron chi connectivity index (χ0n) is 7.65. The van der Waals surface area contributed by atoms with Crippen molar-refractivity contribution in [3.8, 4) is 6.07 Å². The van der Waals surface area contributed by atoms with Crippen LogP contribution in [0.2, 0.25) is 0 Å². The summed E-state index contributed by atoms with van der Waals surface area (Å²) in [5, 5.41) is 18.9. The molecule has 0 atom stereocenters. The molecule has 0 N–H and O–H groups in total. The topological polar surface area (TPSA) is 79.8 Å². The summed E-state index contributed by atoms with van der Waals surface area (Å²) in [6, 6.07) is 2.52. The lowest BCUT2D eigenvalue weighted by atomic mass is 10.1. The van der Waals surface area contributed by atoms with Crippen LogP contribution in [0, 0.1) is 21.4 Å². The molecule has 0 aliphatic carbocycles. The maximum absolute atomic E-state index is 12.6. The number of alkyl halides is 2. The van der Waals surface area contributed by atoms with Gasteiger partial charge in [0.1, 0.15) is 6.42 Å². The van der Waals surface area contributed by atoms with E-state index in [0.29, 0.717) is 0 Å². The van der Waals surface area contributed by atoms with Crippen LogP contribution >= 0.6 is 15.9 Å². The summed E-state index contributed by atoms with van der Waals surface area (Å²) in [4.78, 5) is 13.1. The first-order valence-corrected chi connectivity index (χ1v) is 4.75. The first kappa shape index (κ1) is 12.4. The molecule has 0 saturated heterocycles. The number of rotatable bonds is 3. The van der Waals surface area contributed by atoms with Crippen LogP contribution < -0.4 is 0 Å². The van der Waals surface area contributed by atoms with E-state index in [1.54, 1.807) is 6.07 Å². The van der Waals surface area contributed by atoms with Gasteiger partial charge in [0.2, 0.25) is 0 Å². The van der Waals surface area contributed by atoms with Crippen LogP contribution in [-0.2, 0) is 6.42 Å². The molecule has 0 amide bonds. The van der Waals surface area contributed by atoms with E-state index in [2.05, 4.69) is 20.9 Å². The summed E-state index contributed by atoms with van der Waals surface area (Å²) < 4.78 is 25.1. The van der Waals surface area contributed by atoms with Crippen molar-refractivity contribution in [2.75, 3.05) is 0 Å². The quantitative estimate of drug-likeness (QED) is 0.633. The maximum atomic E-state index is 12.6. The maximum Gasteiger partial charge on any atom is 0.364 e. The van der Waals surface area contributed by atoms with Crippen LogP contribution in [0.4, 0.5) is 14.6 Å². The van der Waals surface area contributed by atoms with Gasteiger partial charge in [-0.2, -0.15) is 5.26 Å². The Hall–Kier alpha value is -1.62. The highest BCUT2D eigenvalue weighted by Crippen LogP contribution is 2.32. The second-order valence-electron chi connectivity index (χ2n) is 2.72. The summed E-state index contributed by atoms with van der Waals surface area (Å²) in [6.07, 6.45) is -3.24. The summed E-state index contributed by atoms with van der Waals surface area (Å²) in [6.45, 7) is 0. The average molecular weight is 292 g/mol. The van der Waals surface area contributed by atoms with Crippen molar-refractivity contribution in [3.63, 3.8) is 0 Å². The number of nitro groups is 1. The standard InChI is InChI=1S/C8H4BrF2N3O2/c9-4-3-6(14(15)16)13-5(1-2-12)7(4)8(10)11/h3,8H,1H2. The van der Waals surface area contributed by atoms with Gasteiger partial charge < -0.3 is 10.1 Å². The molecule has 1 aromatic heterocycles. The SMILES string of the molecule is N#CCc1nc([N+](=O)[O-])cc(Br)c1C(F)F. The molecule has 1 aromatic rings. The molecule has 0 radical (unpaired) electrons. The zero-order chi connectivity index (χ0) is 12.3. The van der Waals surface area contributed by atoms with Gasteiger partial charge in [0.05, 0.1) is 17.7 Å². The lowest BCUT2D eigenvalue weighted by Crippen LogP contribution is -2.03. The molecule has 0 aromatic carbocycles. The Bertz CT molecular complexity index is 473. The number of nitriles is 1. The largest absolute Gasteiger partial charge is 0.364 e. The zero-order valence-corrected chi connectivity index (χ0v) is 9.24. The minimum Gasteiger partial charge on any atom is -0.358 e. The van der Waals surface area contributed by atoms with Crippen LogP contribution in [0.3, 0.4) is 0 Å². The molecule has 5 nitrogen and oxygen atoms in total. The molecule has 8 heteroatoms. The van der Waals surface area contributed by atoms with Gasteiger partial charge in [-0.1, -0.05) is 0 Å². The van der Waals surface area contributed by atoms with Crippen LogP contribution in [0.1, 0.15) is 17.7 Å². The molecule has 1 rings (SSSR count). The van der Waals surface area contributed by atoms with Crippen LogP contribution in [0.5, 0.6) is 0 Å². The molecule has 0 saturated carbocycles. The van der Waals surface area contributed by atoms with Crippen LogP contribution in [0.25, 0.3) is 0 Å². The molecule has 16 heavy (non-hydrogen) atoms. The monoisotopic (exact) mass is 291 g/mol. The number of nitrogens with zero attached hydrogens (tertiary/aromatic N) is 3. The minimum atomic E-state index is -2.84. The van der Waals surface area contributed by atoms with Gasteiger partial charge in [0.25, 0.3) is 6.43 Å². The third kappa shape index (κ3) is 2.49. The summed E-state index contributed by atoms with van der Waals surface area (Å²) >= 11 is 2.80. The number of hydrogen-bond donors (Lipinski definition) is 0. The normalized spacial score (nSPS) is 10.2. The highest BCUT2D eigenvalue weighted by atomic mass is 79.9. The molecule has 0 aliphatic heterocycles. The van der Waals surface area contributed by atoms with Gasteiger partial charge in [0.15, 0.2) is 5.69 Å². The van der Waals surface area contributed by atoms with Crippen molar-refractivity contribution in [2.45, 2.75) is 12.8 Å². The Labute approximate surface area is 97.0 Å². The van der Waals surface area contributed by atoms with Gasteiger partial charge in [-0.05, 0) is 25.8 Å². The summed E-state index contributed by atoms with van der Waals surface area (Å²) in [7, 11) is 0. The van der Waals surface area contributed by atoms with Crippen LogP contribution in [-0.4, -0.2) is 9.91 Å². The van der Waals surface area contributed by atoms with E-state index in [9.17, 15) is 18.9 Å². The van der Waals surface area contributed by atoms with E-state index < -0.39 is 29.2 Å². The predicted octanol–water partition coefficient (Wildman–Crippen LogP) is 2.76. The van der Waals surface area contributed by atoms with E-state index in [1.807, 2.05) is 0 Å². The number of pyridine rings is 1. The van der Waals surface area contributed by atoms with E-state index in [0.717, 1.165) is 6.07 Å². The first-order chi connectivity index (χ1) is 7.47. The third-order valence-electron chi connectivity index (χ3n) is 1.73. The molecule has 84 valence electrons. The average Bonchev–Trinajstić information content (AvgIpc) is 2.16. The Morgan fingerprint density at radius 2 is 2.31 bits per heavy atom. The second-order valence-corrected chi connectivity index (χ2v) is 3.57. The van der Waals surface area contributed by atoms with Crippen molar-refractivity contribution < 1.29 is 13.7 Å². The van der Waals surface area contributed by atoms with Crippen molar-refractivity contribution in [2.24, 2.45) is 0 Å². The van der Waals surface area contributed by atoms with Gasteiger partial charge in [-0.3, -0.25) is 0 Å². The van der Waals surface area contributed by atoms with Crippen molar-refractivity contribution in [1.82, 2.24) is 4.98 Å². The van der Waals surface area contributed by atoms with Crippen LogP contribution in [0.15, 0.2) is 10.5 Å².